The maximum atomic E-state index is 6.29. The van der Waals surface area contributed by atoms with Gasteiger partial charge in [-0.1, -0.05) is 49.3 Å². The highest BCUT2D eigenvalue weighted by molar-refractivity contribution is 5.23. The smallest absolute Gasteiger partial charge is 0.233 e. The normalized spacial score (nSPS) is 13.5. The molecule has 1 atom stereocenters. The number of hydrogen-bond donors (Lipinski definition) is 1. The van der Waals surface area contributed by atoms with E-state index >= 15 is 0 Å². The van der Waals surface area contributed by atoms with E-state index in [0.717, 1.165) is 18.4 Å². The zero-order valence-electron chi connectivity index (χ0n) is 11.8. The lowest BCUT2D eigenvalue weighted by Crippen LogP contribution is -2.36. The first-order valence-corrected chi connectivity index (χ1v) is 6.78. The van der Waals surface area contributed by atoms with Crippen molar-refractivity contribution in [2.75, 3.05) is 0 Å². The van der Waals surface area contributed by atoms with Gasteiger partial charge in [-0.15, -0.1) is 0 Å². The van der Waals surface area contributed by atoms with E-state index in [1.165, 1.54) is 0 Å². The van der Waals surface area contributed by atoms with Crippen LogP contribution in [0.1, 0.15) is 56.8 Å². The van der Waals surface area contributed by atoms with E-state index in [-0.39, 0.29) is 5.92 Å². The predicted molar refractivity (Wildman–Crippen MR) is 74.7 cm³/mol. The summed E-state index contributed by atoms with van der Waals surface area (Å²) < 4.78 is 5.39. The molecule has 2 N–H and O–H groups in total. The van der Waals surface area contributed by atoms with Gasteiger partial charge in [-0.3, -0.25) is 0 Å². The van der Waals surface area contributed by atoms with Crippen molar-refractivity contribution in [1.29, 1.82) is 0 Å². The Morgan fingerprint density at radius 1 is 1.21 bits per heavy atom. The van der Waals surface area contributed by atoms with Crippen LogP contribution in [0.4, 0.5) is 0 Å². The molecule has 2 aromatic rings. The lowest BCUT2D eigenvalue weighted by atomic mass is 9.93. The SMILES string of the molecule is CCC(N)(CC)c1noc(C(C)c2ccccc2)n1. The van der Waals surface area contributed by atoms with Gasteiger partial charge >= 0.3 is 0 Å². The first-order chi connectivity index (χ1) is 9.10. The molecular weight excluding hydrogens is 238 g/mol. The zero-order chi connectivity index (χ0) is 13.9. The third-order valence-corrected chi connectivity index (χ3v) is 3.82. The summed E-state index contributed by atoms with van der Waals surface area (Å²) in [7, 11) is 0. The Morgan fingerprint density at radius 3 is 2.42 bits per heavy atom. The van der Waals surface area contributed by atoms with Gasteiger partial charge in [0.25, 0.3) is 0 Å². The molecule has 2 rings (SSSR count). The minimum atomic E-state index is -0.488. The van der Waals surface area contributed by atoms with Crippen molar-refractivity contribution in [3.8, 4) is 0 Å². The van der Waals surface area contributed by atoms with E-state index in [1.54, 1.807) is 0 Å². The topological polar surface area (TPSA) is 64.9 Å². The first kappa shape index (κ1) is 13.7. The van der Waals surface area contributed by atoms with E-state index in [1.807, 2.05) is 32.0 Å². The first-order valence-electron chi connectivity index (χ1n) is 6.78. The minimum absolute atomic E-state index is 0.0837. The molecule has 102 valence electrons. The summed E-state index contributed by atoms with van der Waals surface area (Å²) in [6.07, 6.45) is 1.59. The Kier molecular flexibility index (Phi) is 4.00. The molecular formula is C15H21N3O. The third-order valence-electron chi connectivity index (χ3n) is 3.82. The maximum absolute atomic E-state index is 6.29. The number of rotatable bonds is 5. The molecule has 4 nitrogen and oxygen atoms in total. The Bertz CT molecular complexity index is 517. The van der Waals surface area contributed by atoms with E-state index < -0.39 is 5.54 Å². The molecule has 4 heteroatoms. The Morgan fingerprint density at radius 2 is 1.84 bits per heavy atom. The van der Waals surface area contributed by atoms with Crippen LogP contribution in [-0.4, -0.2) is 10.1 Å². The summed E-state index contributed by atoms with van der Waals surface area (Å²) in [4.78, 5) is 4.50. The quantitative estimate of drug-likeness (QED) is 0.895. The number of benzene rings is 1. The molecule has 1 heterocycles. The molecule has 0 amide bonds. The number of nitrogens with two attached hydrogens (primary N) is 1. The molecule has 0 saturated heterocycles. The van der Waals surface area contributed by atoms with Gasteiger partial charge < -0.3 is 10.3 Å². The standard InChI is InChI=1S/C15H21N3O/c1-4-15(16,5-2)14-17-13(19-18-14)11(3)12-9-7-6-8-10-12/h6-11H,4-5,16H2,1-3H3. The van der Waals surface area contributed by atoms with Gasteiger partial charge in [-0.2, -0.15) is 4.98 Å². The van der Waals surface area contributed by atoms with Gasteiger partial charge in [0.15, 0.2) is 5.82 Å². The van der Waals surface area contributed by atoms with Crippen LogP contribution >= 0.6 is 0 Å². The van der Waals surface area contributed by atoms with E-state index in [2.05, 4.69) is 29.2 Å². The van der Waals surface area contributed by atoms with Gasteiger partial charge in [-0.25, -0.2) is 0 Å². The summed E-state index contributed by atoms with van der Waals surface area (Å²) in [6.45, 7) is 6.14. The van der Waals surface area contributed by atoms with Crippen molar-refractivity contribution in [1.82, 2.24) is 10.1 Å². The second kappa shape index (κ2) is 5.53. The Hall–Kier alpha value is -1.68. The predicted octanol–water partition coefficient (Wildman–Crippen LogP) is 3.20. The van der Waals surface area contributed by atoms with E-state index in [4.69, 9.17) is 10.3 Å². The van der Waals surface area contributed by atoms with E-state index in [0.29, 0.717) is 11.7 Å². The lowest BCUT2D eigenvalue weighted by molar-refractivity contribution is 0.332. The summed E-state index contributed by atoms with van der Waals surface area (Å²) >= 11 is 0. The van der Waals surface area contributed by atoms with Crippen molar-refractivity contribution < 1.29 is 4.52 Å². The summed E-state index contributed by atoms with van der Waals surface area (Å²) in [5.41, 5.74) is 6.96. The van der Waals surface area contributed by atoms with Crippen LogP contribution in [0.25, 0.3) is 0 Å². The fraction of sp³-hybridized carbons (Fsp3) is 0.467. The fourth-order valence-corrected chi connectivity index (χ4v) is 2.06. The summed E-state index contributed by atoms with van der Waals surface area (Å²) in [5, 5.41) is 4.07. The third kappa shape index (κ3) is 2.68. The molecule has 0 bridgehead atoms. The Labute approximate surface area is 114 Å². The summed E-state index contributed by atoms with van der Waals surface area (Å²) in [5.74, 6) is 1.31. The lowest BCUT2D eigenvalue weighted by Gasteiger charge is -2.21. The van der Waals surface area contributed by atoms with Crippen LogP contribution < -0.4 is 5.73 Å². The van der Waals surface area contributed by atoms with Gasteiger partial charge in [-0.05, 0) is 25.3 Å². The average molecular weight is 259 g/mol. The largest absolute Gasteiger partial charge is 0.339 e. The van der Waals surface area contributed by atoms with Crippen LogP contribution in [0.5, 0.6) is 0 Å². The Balaban J connectivity index is 2.27. The highest BCUT2D eigenvalue weighted by Gasteiger charge is 2.30. The van der Waals surface area contributed by atoms with Crippen LogP contribution in [-0.2, 0) is 5.54 Å². The molecule has 1 aromatic heterocycles. The molecule has 0 aliphatic rings. The van der Waals surface area contributed by atoms with Crippen molar-refractivity contribution in [3.63, 3.8) is 0 Å². The van der Waals surface area contributed by atoms with Gasteiger partial charge in [0.2, 0.25) is 5.89 Å². The van der Waals surface area contributed by atoms with Crippen molar-refractivity contribution in [2.45, 2.75) is 45.1 Å². The highest BCUT2D eigenvalue weighted by Crippen LogP contribution is 2.27. The molecule has 19 heavy (non-hydrogen) atoms. The van der Waals surface area contributed by atoms with Crippen LogP contribution in [0.15, 0.2) is 34.9 Å². The molecule has 0 fully saturated rings. The van der Waals surface area contributed by atoms with Gasteiger partial charge in [0.1, 0.15) is 0 Å². The second-order valence-electron chi connectivity index (χ2n) is 4.95. The summed E-state index contributed by atoms with van der Waals surface area (Å²) in [6, 6.07) is 10.1. The van der Waals surface area contributed by atoms with Gasteiger partial charge in [0, 0.05) is 0 Å². The van der Waals surface area contributed by atoms with Crippen molar-refractivity contribution in [2.24, 2.45) is 5.73 Å². The molecule has 0 radical (unpaired) electrons. The van der Waals surface area contributed by atoms with Gasteiger partial charge in [0.05, 0.1) is 11.5 Å². The van der Waals surface area contributed by atoms with Crippen LogP contribution in [0.2, 0.25) is 0 Å². The zero-order valence-corrected chi connectivity index (χ0v) is 11.8. The van der Waals surface area contributed by atoms with Crippen molar-refractivity contribution in [3.05, 3.63) is 47.6 Å². The van der Waals surface area contributed by atoms with Crippen molar-refractivity contribution >= 4 is 0 Å². The fourth-order valence-electron chi connectivity index (χ4n) is 2.06. The van der Waals surface area contributed by atoms with E-state index in [9.17, 15) is 0 Å². The molecule has 0 aliphatic heterocycles. The molecule has 1 aromatic carbocycles. The highest BCUT2D eigenvalue weighted by atomic mass is 16.5. The monoisotopic (exact) mass is 259 g/mol. The number of aromatic nitrogens is 2. The number of nitrogens with zero attached hydrogens (tertiary/aromatic N) is 2. The van der Waals surface area contributed by atoms with Crippen LogP contribution in [0.3, 0.4) is 0 Å². The van der Waals surface area contributed by atoms with Crippen LogP contribution in [0, 0.1) is 0 Å². The minimum Gasteiger partial charge on any atom is -0.339 e. The molecule has 0 spiro atoms. The molecule has 0 saturated carbocycles. The molecule has 0 aliphatic carbocycles. The second-order valence-corrected chi connectivity index (χ2v) is 4.95. The molecule has 1 unspecified atom stereocenters. The maximum Gasteiger partial charge on any atom is 0.233 e. The number of hydrogen-bond acceptors (Lipinski definition) is 4. The average Bonchev–Trinajstić information content (AvgIpc) is 2.97.